The van der Waals surface area contributed by atoms with Gasteiger partial charge in [0.1, 0.15) is 12.6 Å². The second kappa shape index (κ2) is 10.3. The summed E-state index contributed by atoms with van der Waals surface area (Å²) in [6, 6.07) is 11.5. The van der Waals surface area contributed by atoms with Gasteiger partial charge in [0.25, 0.3) is 0 Å². The molecule has 7 nitrogen and oxygen atoms in total. The van der Waals surface area contributed by atoms with Gasteiger partial charge in [-0.25, -0.2) is 0 Å². The van der Waals surface area contributed by atoms with E-state index in [2.05, 4.69) is 15.4 Å². The highest BCUT2D eigenvalue weighted by molar-refractivity contribution is 5.99. The van der Waals surface area contributed by atoms with Gasteiger partial charge < -0.3 is 10.2 Å². The number of hydrogen-bond donors (Lipinski definition) is 1. The van der Waals surface area contributed by atoms with E-state index in [-0.39, 0.29) is 24.3 Å². The fourth-order valence-corrected chi connectivity index (χ4v) is 4.37. The lowest BCUT2D eigenvalue weighted by Crippen LogP contribution is -2.49. The highest BCUT2D eigenvalue weighted by atomic mass is 19.4. The number of halogens is 3. The van der Waals surface area contributed by atoms with E-state index in [0.717, 1.165) is 16.7 Å². The summed E-state index contributed by atoms with van der Waals surface area (Å²) in [6.07, 6.45) is 0.919. The number of carbonyl (C=O) groups excluding carboxylic acids is 2. The van der Waals surface area contributed by atoms with Gasteiger partial charge in [-0.15, -0.1) is 0 Å². The number of carbonyl (C=O) groups is 2. The van der Waals surface area contributed by atoms with Gasteiger partial charge in [0, 0.05) is 42.8 Å². The molecule has 10 heteroatoms. The zero-order valence-corrected chi connectivity index (χ0v) is 19.3. The van der Waals surface area contributed by atoms with Crippen LogP contribution >= 0.6 is 0 Å². The number of alkyl halides is 3. The van der Waals surface area contributed by atoms with Crippen LogP contribution in [0.4, 0.5) is 18.9 Å². The number of para-hydroxylation sites is 1. The van der Waals surface area contributed by atoms with Crippen LogP contribution in [0.3, 0.4) is 0 Å². The molecule has 0 radical (unpaired) electrons. The standard InChI is InChI=1S/C25H26F3N5O2/c1-32(18-7-3-2-4-8-18)24(35)20(15-17-11-13-29-14-12-17)30-22(34)16-33-21-10-6-5-9-19(21)23(31-33)25(26,27)28/h2-4,7-8,11-14,20H,5-6,9-10,15-16H2,1H3,(H,30,34). The van der Waals surface area contributed by atoms with Gasteiger partial charge in [-0.3, -0.25) is 19.3 Å². The van der Waals surface area contributed by atoms with E-state index in [0.29, 0.717) is 24.2 Å². The molecule has 1 aromatic carbocycles. The Bertz CT molecular complexity index is 1180. The molecule has 184 valence electrons. The molecule has 0 saturated carbocycles. The van der Waals surface area contributed by atoms with Crippen LogP contribution in [0.1, 0.15) is 35.4 Å². The maximum Gasteiger partial charge on any atom is 0.435 e. The Balaban J connectivity index is 1.56. The molecule has 1 atom stereocenters. The minimum absolute atomic E-state index is 0.171. The zero-order valence-electron chi connectivity index (χ0n) is 19.3. The number of nitrogens with zero attached hydrogens (tertiary/aromatic N) is 4. The number of fused-ring (bicyclic) bond motifs is 1. The van der Waals surface area contributed by atoms with E-state index in [9.17, 15) is 22.8 Å². The average molecular weight is 486 g/mol. The van der Waals surface area contributed by atoms with E-state index in [1.165, 1.54) is 4.90 Å². The SMILES string of the molecule is CN(C(=O)C(Cc1ccncc1)NC(=O)Cn1nc(C(F)(F)F)c2c1CCCC2)c1ccccc1. The first-order chi connectivity index (χ1) is 16.7. The predicted octanol–water partition coefficient (Wildman–Crippen LogP) is 3.57. The molecule has 0 bridgehead atoms. The molecule has 2 amide bonds. The van der Waals surface area contributed by atoms with Crippen molar-refractivity contribution in [2.24, 2.45) is 0 Å². The smallest absolute Gasteiger partial charge is 0.342 e. The summed E-state index contributed by atoms with van der Waals surface area (Å²) in [6.45, 7) is -0.395. The van der Waals surface area contributed by atoms with Crippen LogP contribution in [-0.2, 0) is 41.6 Å². The number of nitrogens with one attached hydrogen (secondary N) is 1. The second-order valence-electron chi connectivity index (χ2n) is 8.55. The Kier molecular flexibility index (Phi) is 7.18. The van der Waals surface area contributed by atoms with Gasteiger partial charge in [0.05, 0.1) is 0 Å². The first-order valence-corrected chi connectivity index (χ1v) is 11.4. The molecule has 0 fully saturated rings. The molecule has 2 heterocycles. The molecule has 2 aromatic heterocycles. The van der Waals surface area contributed by atoms with E-state index >= 15 is 0 Å². The van der Waals surface area contributed by atoms with E-state index in [4.69, 9.17) is 0 Å². The van der Waals surface area contributed by atoms with Crippen LogP contribution in [0.2, 0.25) is 0 Å². The van der Waals surface area contributed by atoms with Crippen molar-refractivity contribution in [2.45, 2.75) is 50.9 Å². The van der Waals surface area contributed by atoms with E-state index in [1.807, 2.05) is 6.07 Å². The minimum atomic E-state index is -4.58. The van der Waals surface area contributed by atoms with Crippen molar-refractivity contribution in [2.75, 3.05) is 11.9 Å². The van der Waals surface area contributed by atoms with Gasteiger partial charge >= 0.3 is 6.18 Å². The molecule has 3 aromatic rings. The molecule has 0 spiro atoms. The molecule has 1 aliphatic carbocycles. The fourth-order valence-electron chi connectivity index (χ4n) is 4.37. The van der Waals surface area contributed by atoms with Gasteiger partial charge in [0.15, 0.2) is 5.69 Å². The Morgan fingerprint density at radius 3 is 2.46 bits per heavy atom. The Labute approximate surface area is 201 Å². The van der Waals surface area contributed by atoms with E-state index < -0.39 is 30.4 Å². The number of pyridine rings is 1. The number of aromatic nitrogens is 3. The summed E-state index contributed by atoms with van der Waals surface area (Å²) < 4.78 is 41.7. The molecule has 1 N–H and O–H groups in total. The zero-order chi connectivity index (χ0) is 25.0. The second-order valence-corrected chi connectivity index (χ2v) is 8.55. The molecular formula is C25H26F3N5O2. The normalized spacial score (nSPS) is 14.2. The molecule has 4 rings (SSSR count). The third-order valence-electron chi connectivity index (χ3n) is 6.12. The lowest BCUT2D eigenvalue weighted by molar-refractivity contribution is -0.142. The van der Waals surface area contributed by atoms with Crippen molar-refractivity contribution >= 4 is 17.5 Å². The van der Waals surface area contributed by atoms with Crippen LogP contribution in [0.5, 0.6) is 0 Å². The number of hydrogen-bond acceptors (Lipinski definition) is 4. The summed E-state index contributed by atoms with van der Waals surface area (Å²) in [5, 5.41) is 6.48. The molecule has 35 heavy (non-hydrogen) atoms. The topological polar surface area (TPSA) is 80.1 Å². The van der Waals surface area contributed by atoms with E-state index in [1.54, 1.807) is 55.8 Å². The van der Waals surface area contributed by atoms with Crippen molar-refractivity contribution in [3.8, 4) is 0 Å². The number of likely N-dealkylation sites (N-methyl/N-ethyl adjacent to an activating group) is 1. The van der Waals surface area contributed by atoms with Crippen LogP contribution in [0.15, 0.2) is 54.9 Å². The highest BCUT2D eigenvalue weighted by Crippen LogP contribution is 2.35. The van der Waals surface area contributed by atoms with Gasteiger partial charge in [-0.2, -0.15) is 18.3 Å². The largest absolute Gasteiger partial charge is 0.435 e. The third kappa shape index (κ3) is 5.70. The Hall–Kier alpha value is -3.69. The number of rotatable bonds is 7. The van der Waals surface area contributed by atoms with Crippen molar-refractivity contribution in [1.29, 1.82) is 0 Å². The summed E-state index contributed by atoms with van der Waals surface area (Å²) in [5.74, 6) is -0.927. The van der Waals surface area contributed by atoms with Gasteiger partial charge in [-0.1, -0.05) is 18.2 Å². The predicted molar refractivity (Wildman–Crippen MR) is 124 cm³/mol. The maximum absolute atomic E-state index is 13.5. The summed E-state index contributed by atoms with van der Waals surface area (Å²) in [4.78, 5) is 31.7. The highest BCUT2D eigenvalue weighted by Gasteiger charge is 2.39. The molecule has 0 saturated heterocycles. The fraction of sp³-hybridized carbons (Fsp3) is 0.360. The van der Waals surface area contributed by atoms with Crippen molar-refractivity contribution < 1.29 is 22.8 Å². The first-order valence-electron chi connectivity index (χ1n) is 11.4. The molecule has 1 unspecified atom stereocenters. The van der Waals surface area contributed by atoms with Crippen LogP contribution in [0, 0.1) is 0 Å². The first kappa shape index (κ1) is 24.4. The lowest BCUT2D eigenvalue weighted by atomic mass is 9.95. The quantitative estimate of drug-likeness (QED) is 0.555. The maximum atomic E-state index is 13.5. The average Bonchev–Trinajstić information content (AvgIpc) is 3.23. The van der Waals surface area contributed by atoms with Crippen LogP contribution in [0.25, 0.3) is 0 Å². The Morgan fingerprint density at radius 1 is 1.09 bits per heavy atom. The molecule has 1 aliphatic rings. The minimum Gasteiger partial charge on any atom is -0.342 e. The summed E-state index contributed by atoms with van der Waals surface area (Å²) >= 11 is 0. The molecular weight excluding hydrogens is 459 g/mol. The van der Waals surface area contributed by atoms with Crippen LogP contribution < -0.4 is 10.2 Å². The molecule has 0 aliphatic heterocycles. The van der Waals surface area contributed by atoms with Crippen molar-refractivity contribution in [3.05, 3.63) is 77.4 Å². The van der Waals surface area contributed by atoms with Gasteiger partial charge in [0.2, 0.25) is 11.8 Å². The van der Waals surface area contributed by atoms with Crippen molar-refractivity contribution in [1.82, 2.24) is 20.1 Å². The lowest BCUT2D eigenvalue weighted by Gasteiger charge is -2.25. The van der Waals surface area contributed by atoms with Crippen molar-refractivity contribution in [3.63, 3.8) is 0 Å². The number of amides is 2. The Morgan fingerprint density at radius 2 is 1.77 bits per heavy atom. The number of benzene rings is 1. The summed E-state index contributed by atoms with van der Waals surface area (Å²) in [5.41, 5.74) is 1.13. The van der Waals surface area contributed by atoms with Gasteiger partial charge in [-0.05, 0) is 55.5 Å². The monoisotopic (exact) mass is 485 g/mol. The van der Waals surface area contributed by atoms with Crippen LogP contribution in [-0.4, -0.2) is 39.7 Å². The number of anilines is 1. The third-order valence-corrected chi connectivity index (χ3v) is 6.12. The summed E-state index contributed by atoms with van der Waals surface area (Å²) in [7, 11) is 1.61.